The number of carbonyl (C=O) groups is 1. The minimum atomic E-state index is -0.213. The van der Waals surface area contributed by atoms with Crippen molar-refractivity contribution in [2.75, 3.05) is 0 Å². The molecular formula is C18H17BrN4O2. The largest absolute Gasteiger partial charge is 0.307 e. The molecule has 6 nitrogen and oxygen atoms in total. The maximum absolute atomic E-state index is 12.7. The van der Waals surface area contributed by atoms with E-state index in [-0.39, 0.29) is 17.9 Å². The van der Waals surface area contributed by atoms with E-state index >= 15 is 0 Å². The molecule has 0 aliphatic carbocycles. The number of hydrogen-bond donors (Lipinski definition) is 0. The molecule has 0 atom stereocenters. The zero-order valence-electron chi connectivity index (χ0n) is 13.7. The highest BCUT2D eigenvalue weighted by molar-refractivity contribution is 9.10. The molecule has 3 aromatic heterocycles. The van der Waals surface area contributed by atoms with Gasteiger partial charge in [-0.05, 0) is 40.5 Å². The molecule has 0 aromatic carbocycles. The standard InChI is InChI=1S/C18H17BrN4O2/c1-2-16-15(9-21-23(16)11-14-5-3-4-8-20-14)17(24)12-22-10-13(19)6-7-18(22)25/h3-10H,2,11-12H2,1H3. The summed E-state index contributed by atoms with van der Waals surface area (Å²) in [6, 6.07) is 8.79. The highest BCUT2D eigenvalue weighted by Crippen LogP contribution is 2.13. The number of halogens is 1. The number of nitrogens with zero attached hydrogens (tertiary/aromatic N) is 4. The fourth-order valence-corrected chi connectivity index (χ4v) is 3.04. The highest BCUT2D eigenvalue weighted by atomic mass is 79.9. The van der Waals surface area contributed by atoms with Crippen LogP contribution in [0.3, 0.4) is 0 Å². The summed E-state index contributed by atoms with van der Waals surface area (Å²) in [7, 11) is 0. The molecule has 0 saturated heterocycles. The van der Waals surface area contributed by atoms with Gasteiger partial charge >= 0.3 is 0 Å². The molecule has 0 saturated carbocycles. The molecule has 3 rings (SSSR count). The van der Waals surface area contributed by atoms with Gasteiger partial charge in [0.25, 0.3) is 5.56 Å². The average molecular weight is 401 g/mol. The number of pyridine rings is 2. The topological polar surface area (TPSA) is 69.8 Å². The Kier molecular flexibility index (Phi) is 5.23. The Morgan fingerprint density at radius 2 is 2.08 bits per heavy atom. The van der Waals surface area contributed by atoms with Crippen molar-refractivity contribution in [3.8, 4) is 0 Å². The molecule has 0 bridgehead atoms. The van der Waals surface area contributed by atoms with Gasteiger partial charge in [0.1, 0.15) is 0 Å². The fraction of sp³-hybridized carbons (Fsp3) is 0.222. The summed E-state index contributed by atoms with van der Waals surface area (Å²) < 4.78 is 3.93. The van der Waals surface area contributed by atoms with E-state index in [0.717, 1.165) is 15.9 Å². The van der Waals surface area contributed by atoms with Crippen molar-refractivity contribution in [2.24, 2.45) is 0 Å². The third-order valence-corrected chi connectivity index (χ3v) is 4.35. The predicted octanol–water partition coefficient (Wildman–Crippen LogP) is 2.70. The highest BCUT2D eigenvalue weighted by Gasteiger charge is 2.17. The van der Waals surface area contributed by atoms with Gasteiger partial charge in [0.15, 0.2) is 5.78 Å². The first-order valence-corrected chi connectivity index (χ1v) is 8.71. The van der Waals surface area contributed by atoms with Gasteiger partial charge in [-0.2, -0.15) is 5.10 Å². The van der Waals surface area contributed by atoms with E-state index in [1.807, 2.05) is 25.1 Å². The summed E-state index contributed by atoms with van der Waals surface area (Å²) in [4.78, 5) is 28.9. The number of aromatic nitrogens is 4. The van der Waals surface area contributed by atoms with Crippen LogP contribution in [0.2, 0.25) is 0 Å². The molecule has 25 heavy (non-hydrogen) atoms. The van der Waals surface area contributed by atoms with E-state index in [2.05, 4.69) is 26.0 Å². The molecule has 0 aliphatic rings. The smallest absolute Gasteiger partial charge is 0.251 e. The van der Waals surface area contributed by atoms with E-state index in [9.17, 15) is 9.59 Å². The number of hydrogen-bond acceptors (Lipinski definition) is 4. The third-order valence-electron chi connectivity index (χ3n) is 3.88. The van der Waals surface area contributed by atoms with Crippen molar-refractivity contribution >= 4 is 21.7 Å². The SMILES string of the molecule is CCc1c(C(=O)Cn2cc(Br)ccc2=O)cnn1Cc1ccccn1. The second kappa shape index (κ2) is 7.57. The van der Waals surface area contributed by atoms with Gasteiger partial charge in [-0.25, -0.2) is 0 Å². The predicted molar refractivity (Wildman–Crippen MR) is 97.7 cm³/mol. The summed E-state index contributed by atoms with van der Waals surface area (Å²) in [5.41, 5.74) is 2.06. The lowest BCUT2D eigenvalue weighted by molar-refractivity contribution is 0.0969. The van der Waals surface area contributed by atoms with E-state index in [0.29, 0.717) is 18.5 Å². The van der Waals surface area contributed by atoms with E-state index in [1.54, 1.807) is 29.3 Å². The summed E-state index contributed by atoms with van der Waals surface area (Å²) in [6.45, 7) is 2.47. The Bertz CT molecular complexity index is 947. The molecule has 0 fully saturated rings. The Morgan fingerprint density at radius 1 is 1.24 bits per heavy atom. The van der Waals surface area contributed by atoms with Crippen LogP contribution in [0.5, 0.6) is 0 Å². The summed E-state index contributed by atoms with van der Waals surface area (Å²) in [5, 5.41) is 4.34. The van der Waals surface area contributed by atoms with Crippen molar-refractivity contribution in [1.29, 1.82) is 0 Å². The maximum atomic E-state index is 12.7. The maximum Gasteiger partial charge on any atom is 0.251 e. The van der Waals surface area contributed by atoms with Crippen LogP contribution in [0.15, 0.2) is 58.2 Å². The molecule has 7 heteroatoms. The van der Waals surface area contributed by atoms with Crippen LogP contribution in [0.4, 0.5) is 0 Å². The van der Waals surface area contributed by atoms with Crippen LogP contribution >= 0.6 is 15.9 Å². The Balaban J connectivity index is 1.86. The molecule has 128 valence electrons. The van der Waals surface area contributed by atoms with Crippen LogP contribution in [-0.4, -0.2) is 25.1 Å². The van der Waals surface area contributed by atoms with Crippen molar-refractivity contribution in [1.82, 2.24) is 19.3 Å². The van der Waals surface area contributed by atoms with Crippen molar-refractivity contribution in [3.63, 3.8) is 0 Å². The van der Waals surface area contributed by atoms with Crippen molar-refractivity contribution in [3.05, 3.63) is 80.7 Å². The first-order chi connectivity index (χ1) is 12.1. The average Bonchev–Trinajstić information content (AvgIpc) is 3.01. The van der Waals surface area contributed by atoms with Crippen LogP contribution in [0, 0.1) is 0 Å². The van der Waals surface area contributed by atoms with Gasteiger partial charge in [0.05, 0.1) is 30.5 Å². The molecule has 0 amide bonds. The van der Waals surface area contributed by atoms with E-state index in [4.69, 9.17) is 0 Å². The molecule has 3 aromatic rings. The summed E-state index contributed by atoms with van der Waals surface area (Å²) in [5.74, 6) is -0.135. The van der Waals surface area contributed by atoms with Crippen LogP contribution in [0.25, 0.3) is 0 Å². The number of carbonyl (C=O) groups excluding carboxylic acids is 1. The molecular weight excluding hydrogens is 384 g/mol. The van der Waals surface area contributed by atoms with Crippen LogP contribution in [0.1, 0.15) is 28.7 Å². The Morgan fingerprint density at radius 3 is 2.80 bits per heavy atom. The van der Waals surface area contributed by atoms with E-state index in [1.165, 1.54) is 10.6 Å². The van der Waals surface area contributed by atoms with Crippen molar-refractivity contribution < 1.29 is 4.79 Å². The Labute approximate surface area is 153 Å². The monoisotopic (exact) mass is 400 g/mol. The molecule has 0 aliphatic heterocycles. The normalized spacial score (nSPS) is 10.8. The zero-order chi connectivity index (χ0) is 17.8. The quantitative estimate of drug-likeness (QED) is 0.596. The number of Topliss-reactive ketones (excluding diaryl/α,β-unsaturated/α-hetero) is 1. The van der Waals surface area contributed by atoms with Gasteiger partial charge in [-0.3, -0.25) is 19.3 Å². The van der Waals surface area contributed by atoms with Gasteiger partial charge in [-0.1, -0.05) is 13.0 Å². The molecule has 0 spiro atoms. The lowest BCUT2D eigenvalue weighted by atomic mass is 10.1. The zero-order valence-corrected chi connectivity index (χ0v) is 15.3. The van der Waals surface area contributed by atoms with Crippen LogP contribution < -0.4 is 5.56 Å². The van der Waals surface area contributed by atoms with E-state index < -0.39 is 0 Å². The minimum absolute atomic E-state index is 0.0133. The van der Waals surface area contributed by atoms with Gasteiger partial charge in [-0.15, -0.1) is 0 Å². The first kappa shape index (κ1) is 17.3. The van der Waals surface area contributed by atoms with Crippen molar-refractivity contribution in [2.45, 2.75) is 26.4 Å². The Hall–Kier alpha value is -2.54. The summed E-state index contributed by atoms with van der Waals surface area (Å²) >= 11 is 3.32. The fourth-order valence-electron chi connectivity index (χ4n) is 2.66. The third kappa shape index (κ3) is 3.93. The second-order valence-corrected chi connectivity index (χ2v) is 6.49. The van der Waals surface area contributed by atoms with Gasteiger partial charge < -0.3 is 4.57 Å². The lowest BCUT2D eigenvalue weighted by Gasteiger charge is -2.08. The summed E-state index contributed by atoms with van der Waals surface area (Å²) in [6.07, 6.45) is 5.59. The second-order valence-electron chi connectivity index (χ2n) is 5.57. The molecule has 0 N–H and O–H groups in total. The van der Waals surface area contributed by atoms with Gasteiger partial charge in [0, 0.05) is 28.6 Å². The van der Waals surface area contributed by atoms with Crippen LogP contribution in [-0.2, 0) is 19.5 Å². The lowest BCUT2D eigenvalue weighted by Crippen LogP contribution is -2.23. The molecule has 3 heterocycles. The number of ketones is 1. The number of rotatable bonds is 6. The van der Waals surface area contributed by atoms with Gasteiger partial charge in [0.2, 0.25) is 0 Å². The first-order valence-electron chi connectivity index (χ1n) is 7.92. The minimum Gasteiger partial charge on any atom is -0.307 e. The molecule has 0 unspecified atom stereocenters. The molecule has 0 radical (unpaired) electrons.